The molecule has 1 N–H and O–H groups in total. The lowest BCUT2D eigenvalue weighted by molar-refractivity contribution is -0.0797. The second-order valence-electron chi connectivity index (χ2n) is 4.71. The molecule has 1 aromatic carbocycles. The average Bonchev–Trinajstić information content (AvgIpc) is 2.36. The van der Waals surface area contributed by atoms with E-state index >= 15 is 0 Å². The van der Waals surface area contributed by atoms with Crippen molar-refractivity contribution in [2.45, 2.75) is 38.4 Å². The van der Waals surface area contributed by atoms with Crippen LogP contribution in [0.4, 0.5) is 0 Å². The van der Waals surface area contributed by atoms with Gasteiger partial charge in [0, 0.05) is 7.11 Å². The molecular weight excluding hydrogens is 216 g/mol. The number of methoxy groups -OCH3 is 2. The number of ether oxygens (including phenoxy) is 2. The zero-order valence-electron chi connectivity index (χ0n) is 11.1. The van der Waals surface area contributed by atoms with Gasteiger partial charge in [-0.2, -0.15) is 0 Å². The average molecular weight is 238 g/mol. The molecule has 0 heterocycles. The standard InChI is InChI=1S/C14H22O3/c1-14(2,17-4)13(15)10-7-11-5-8-12(16-3)9-6-11/h5-6,8-9,13,15H,7,10H2,1-4H3. The summed E-state index contributed by atoms with van der Waals surface area (Å²) >= 11 is 0. The Bertz CT molecular complexity index is 330. The van der Waals surface area contributed by atoms with Crippen LogP contribution < -0.4 is 4.74 Å². The molecule has 0 aliphatic carbocycles. The largest absolute Gasteiger partial charge is 0.497 e. The zero-order valence-corrected chi connectivity index (χ0v) is 11.1. The maximum absolute atomic E-state index is 9.99. The maximum Gasteiger partial charge on any atom is 0.118 e. The minimum atomic E-state index is -0.494. The lowest BCUT2D eigenvalue weighted by atomic mass is 9.95. The van der Waals surface area contributed by atoms with Crippen LogP contribution in [-0.4, -0.2) is 31.0 Å². The molecule has 1 rings (SSSR count). The van der Waals surface area contributed by atoms with Crippen molar-refractivity contribution in [1.29, 1.82) is 0 Å². The van der Waals surface area contributed by atoms with E-state index in [1.54, 1.807) is 14.2 Å². The number of aliphatic hydroxyl groups excluding tert-OH is 1. The summed E-state index contributed by atoms with van der Waals surface area (Å²) in [6.45, 7) is 3.79. The number of aliphatic hydroxyl groups is 1. The first kappa shape index (κ1) is 14.0. The Labute approximate surface area is 103 Å². The number of benzene rings is 1. The van der Waals surface area contributed by atoms with Crippen LogP contribution in [0.25, 0.3) is 0 Å². The van der Waals surface area contributed by atoms with E-state index < -0.39 is 11.7 Å². The quantitative estimate of drug-likeness (QED) is 0.827. The monoisotopic (exact) mass is 238 g/mol. The van der Waals surface area contributed by atoms with E-state index in [1.807, 2.05) is 38.1 Å². The molecule has 0 bridgehead atoms. The van der Waals surface area contributed by atoms with Gasteiger partial charge in [-0.05, 0) is 44.4 Å². The second kappa shape index (κ2) is 6.03. The topological polar surface area (TPSA) is 38.7 Å². The maximum atomic E-state index is 9.99. The summed E-state index contributed by atoms with van der Waals surface area (Å²) in [5.74, 6) is 0.853. The highest BCUT2D eigenvalue weighted by Crippen LogP contribution is 2.19. The van der Waals surface area contributed by atoms with Crippen LogP contribution in [0.15, 0.2) is 24.3 Å². The lowest BCUT2D eigenvalue weighted by Crippen LogP contribution is -2.38. The van der Waals surface area contributed by atoms with Crippen LogP contribution in [-0.2, 0) is 11.2 Å². The lowest BCUT2D eigenvalue weighted by Gasteiger charge is -2.29. The van der Waals surface area contributed by atoms with E-state index in [2.05, 4.69) is 0 Å². The van der Waals surface area contributed by atoms with Crippen molar-refractivity contribution in [3.8, 4) is 5.75 Å². The Kier molecular flexibility index (Phi) is 4.97. The predicted octanol–water partition coefficient (Wildman–Crippen LogP) is 2.41. The molecule has 0 aromatic heterocycles. The summed E-state index contributed by atoms with van der Waals surface area (Å²) < 4.78 is 10.4. The molecule has 1 aromatic rings. The van der Waals surface area contributed by atoms with E-state index in [4.69, 9.17) is 9.47 Å². The Balaban J connectivity index is 2.50. The molecule has 17 heavy (non-hydrogen) atoms. The molecule has 1 unspecified atom stereocenters. The fraction of sp³-hybridized carbons (Fsp3) is 0.571. The highest BCUT2D eigenvalue weighted by Gasteiger charge is 2.26. The fourth-order valence-electron chi connectivity index (χ4n) is 1.58. The molecule has 0 fully saturated rings. The molecule has 1 atom stereocenters. The SMILES string of the molecule is COc1ccc(CCC(O)C(C)(C)OC)cc1. The van der Waals surface area contributed by atoms with Crippen molar-refractivity contribution in [2.75, 3.05) is 14.2 Å². The van der Waals surface area contributed by atoms with Gasteiger partial charge in [0.05, 0.1) is 18.8 Å². The van der Waals surface area contributed by atoms with Gasteiger partial charge in [-0.1, -0.05) is 12.1 Å². The summed E-state index contributed by atoms with van der Waals surface area (Å²) in [7, 11) is 3.27. The Morgan fingerprint density at radius 1 is 1.18 bits per heavy atom. The smallest absolute Gasteiger partial charge is 0.118 e. The van der Waals surface area contributed by atoms with Crippen LogP contribution in [0.3, 0.4) is 0 Å². The van der Waals surface area contributed by atoms with Crippen LogP contribution in [0.1, 0.15) is 25.8 Å². The van der Waals surface area contributed by atoms with Gasteiger partial charge in [0.15, 0.2) is 0 Å². The Morgan fingerprint density at radius 3 is 2.24 bits per heavy atom. The van der Waals surface area contributed by atoms with Gasteiger partial charge in [0.25, 0.3) is 0 Å². The molecule has 3 heteroatoms. The van der Waals surface area contributed by atoms with Gasteiger partial charge in [-0.3, -0.25) is 0 Å². The van der Waals surface area contributed by atoms with E-state index in [1.165, 1.54) is 5.56 Å². The van der Waals surface area contributed by atoms with E-state index in [0.717, 1.165) is 12.2 Å². The van der Waals surface area contributed by atoms with E-state index in [0.29, 0.717) is 6.42 Å². The molecular formula is C14H22O3. The Morgan fingerprint density at radius 2 is 1.76 bits per heavy atom. The first-order valence-electron chi connectivity index (χ1n) is 5.85. The highest BCUT2D eigenvalue weighted by atomic mass is 16.5. The number of aryl methyl sites for hydroxylation is 1. The molecule has 0 amide bonds. The molecule has 0 radical (unpaired) electrons. The normalized spacial score (nSPS) is 13.5. The van der Waals surface area contributed by atoms with Gasteiger partial charge in [-0.25, -0.2) is 0 Å². The van der Waals surface area contributed by atoms with Crippen LogP contribution in [0.2, 0.25) is 0 Å². The van der Waals surface area contributed by atoms with Gasteiger partial charge in [0.1, 0.15) is 5.75 Å². The zero-order chi connectivity index (χ0) is 12.9. The highest BCUT2D eigenvalue weighted by molar-refractivity contribution is 5.27. The van der Waals surface area contributed by atoms with E-state index in [9.17, 15) is 5.11 Å². The summed E-state index contributed by atoms with van der Waals surface area (Å²) in [6.07, 6.45) is 1.06. The van der Waals surface area contributed by atoms with Crippen molar-refractivity contribution in [1.82, 2.24) is 0 Å². The number of hydrogen-bond donors (Lipinski definition) is 1. The third-order valence-corrected chi connectivity index (χ3v) is 3.19. The van der Waals surface area contributed by atoms with Crippen molar-refractivity contribution >= 4 is 0 Å². The predicted molar refractivity (Wildman–Crippen MR) is 68.4 cm³/mol. The van der Waals surface area contributed by atoms with Gasteiger partial charge in [0.2, 0.25) is 0 Å². The first-order chi connectivity index (χ1) is 7.99. The van der Waals surface area contributed by atoms with Crippen molar-refractivity contribution in [2.24, 2.45) is 0 Å². The molecule has 0 aliphatic rings. The molecule has 3 nitrogen and oxygen atoms in total. The van der Waals surface area contributed by atoms with Gasteiger partial charge >= 0.3 is 0 Å². The van der Waals surface area contributed by atoms with Crippen LogP contribution in [0.5, 0.6) is 5.75 Å². The van der Waals surface area contributed by atoms with Crippen molar-refractivity contribution in [3.63, 3.8) is 0 Å². The summed E-state index contributed by atoms with van der Waals surface area (Å²) in [4.78, 5) is 0. The van der Waals surface area contributed by atoms with E-state index in [-0.39, 0.29) is 0 Å². The van der Waals surface area contributed by atoms with Gasteiger partial charge < -0.3 is 14.6 Å². The minimum Gasteiger partial charge on any atom is -0.497 e. The number of hydrogen-bond acceptors (Lipinski definition) is 3. The molecule has 0 saturated heterocycles. The second-order valence-corrected chi connectivity index (χ2v) is 4.71. The molecule has 0 spiro atoms. The molecule has 0 aliphatic heterocycles. The number of rotatable bonds is 6. The summed E-state index contributed by atoms with van der Waals surface area (Å²) in [5, 5.41) is 9.99. The van der Waals surface area contributed by atoms with Crippen molar-refractivity contribution in [3.05, 3.63) is 29.8 Å². The van der Waals surface area contributed by atoms with Crippen molar-refractivity contribution < 1.29 is 14.6 Å². The van der Waals surface area contributed by atoms with Gasteiger partial charge in [-0.15, -0.1) is 0 Å². The third-order valence-electron chi connectivity index (χ3n) is 3.19. The van der Waals surface area contributed by atoms with Crippen LogP contribution >= 0.6 is 0 Å². The van der Waals surface area contributed by atoms with Crippen LogP contribution in [0, 0.1) is 0 Å². The third kappa shape index (κ3) is 4.02. The minimum absolute atomic E-state index is 0.463. The summed E-state index contributed by atoms with van der Waals surface area (Å²) in [5.41, 5.74) is 0.698. The molecule has 0 saturated carbocycles. The first-order valence-corrected chi connectivity index (χ1v) is 5.85. The fourth-order valence-corrected chi connectivity index (χ4v) is 1.58. The molecule has 96 valence electrons. The summed E-state index contributed by atoms with van der Waals surface area (Å²) in [6, 6.07) is 7.91. The Hall–Kier alpha value is -1.06.